The number of halogens is 1. The summed E-state index contributed by atoms with van der Waals surface area (Å²) in [5.74, 6) is -0.860. The van der Waals surface area contributed by atoms with Crippen LogP contribution in [0.1, 0.15) is 37.7 Å². The van der Waals surface area contributed by atoms with Gasteiger partial charge in [0.2, 0.25) is 0 Å². The van der Waals surface area contributed by atoms with E-state index in [1.807, 2.05) is 11.4 Å². The highest BCUT2D eigenvalue weighted by atomic mass is 79.9. The molecule has 0 atom stereocenters. The SMILES string of the molecule is CN(Cc1csc(Br)c1)C(=O)NC1(CC(=O)O)CCCC1. The van der Waals surface area contributed by atoms with Crippen molar-refractivity contribution in [3.8, 4) is 0 Å². The second-order valence-corrected chi connectivity index (χ2v) is 7.89. The van der Waals surface area contributed by atoms with Gasteiger partial charge in [-0.1, -0.05) is 12.8 Å². The van der Waals surface area contributed by atoms with Gasteiger partial charge in [0.1, 0.15) is 0 Å². The number of carbonyl (C=O) groups is 2. The number of carboxylic acid groups (broad SMARTS) is 1. The van der Waals surface area contributed by atoms with E-state index in [0.717, 1.165) is 35.0 Å². The van der Waals surface area contributed by atoms with Crippen LogP contribution in [0.25, 0.3) is 0 Å². The lowest BCUT2D eigenvalue weighted by Crippen LogP contribution is -2.51. The average molecular weight is 375 g/mol. The van der Waals surface area contributed by atoms with Crippen LogP contribution in [0.4, 0.5) is 4.79 Å². The molecule has 7 heteroatoms. The number of thiophene rings is 1. The summed E-state index contributed by atoms with van der Waals surface area (Å²) >= 11 is 4.98. The van der Waals surface area contributed by atoms with E-state index in [1.165, 1.54) is 0 Å². The molecule has 1 aromatic rings. The van der Waals surface area contributed by atoms with Crippen molar-refractivity contribution in [1.82, 2.24) is 10.2 Å². The number of urea groups is 1. The highest BCUT2D eigenvalue weighted by Crippen LogP contribution is 2.33. The number of hydrogen-bond acceptors (Lipinski definition) is 3. The van der Waals surface area contributed by atoms with Crippen molar-refractivity contribution in [3.63, 3.8) is 0 Å². The van der Waals surface area contributed by atoms with E-state index in [2.05, 4.69) is 21.2 Å². The van der Waals surface area contributed by atoms with Gasteiger partial charge in [0.05, 0.1) is 15.7 Å². The summed E-state index contributed by atoms with van der Waals surface area (Å²) in [4.78, 5) is 24.9. The molecule has 1 aliphatic carbocycles. The third kappa shape index (κ3) is 4.44. The van der Waals surface area contributed by atoms with E-state index >= 15 is 0 Å². The Morgan fingerprint density at radius 3 is 2.67 bits per heavy atom. The fraction of sp³-hybridized carbons (Fsp3) is 0.571. The molecule has 0 aromatic carbocycles. The lowest BCUT2D eigenvalue weighted by molar-refractivity contribution is -0.138. The summed E-state index contributed by atoms with van der Waals surface area (Å²) in [5, 5.41) is 14.0. The molecule has 1 saturated carbocycles. The first-order valence-corrected chi connectivity index (χ1v) is 8.55. The van der Waals surface area contributed by atoms with Gasteiger partial charge in [0.15, 0.2) is 0 Å². The van der Waals surface area contributed by atoms with Crippen molar-refractivity contribution in [2.75, 3.05) is 7.05 Å². The van der Waals surface area contributed by atoms with Crippen LogP contribution in [0.5, 0.6) is 0 Å². The van der Waals surface area contributed by atoms with Crippen LogP contribution in [0.15, 0.2) is 15.2 Å². The minimum absolute atomic E-state index is 0.00339. The lowest BCUT2D eigenvalue weighted by Gasteiger charge is -2.31. The largest absolute Gasteiger partial charge is 0.481 e. The van der Waals surface area contributed by atoms with Crippen LogP contribution in [-0.4, -0.2) is 34.6 Å². The summed E-state index contributed by atoms with van der Waals surface area (Å²) in [6.45, 7) is 0.511. The van der Waals surface area contributed by atoms with Crippen LogP contribution in [0.3, 0.4) is 0 Å². The number of carboxylic acids is 1. The zero-order valence-electron chi connectivity index (χ0n) is 11.9. The summed E-state index contributed by atoms with van der Waals surface area (Å²) < 4.78 is 1.03. The Bertz CT molecular complexity index is 526. The molecule has 1 fully saturated rings. The van der Waals surface area contributed by atoms with E-state index in [9.17, 15) is 9.59 Å². The van der Waals surface area contributed by atoms with Crippen LogP contribution in [-0.2, 0) is 11.3 Å². The molecule has 5 nitrogen and oxygen atoms in total. The van der Waals surface area contributed by atoms with Gasteiger partial charge in [-0.3, -0.25) is 4.79 Å². The van der Waals surface area contributed by atoms with Crippen LogP contribution in [0.2, 0.25) is 0 Å². The zero-order valence-corrected chi connectivity index (χ0v) is 14.3. The Morgan fingerprint density at radius 2 is 2.14 bits per heavy atom. The summed E-state index contributed by atoms with van der Waals surface area (Å²) in [6.07, 6.45) is 3.41. The predicted octanol–water partition coefficient (Wildman–Crippen LogP) is 3.44. The van der Waals surface area contributed by atoms with Gasteiger partial charge < -0.3 is 15.3 Å². The van der Waals surface area contributed by atoms with E-state index in [0.29, 0.717) is 6.54 Å². The number of amides is 2. The number of carbonyl (C=O) groups excluding carboxylic acids is 1. The number of nitrogens with one attached hydrogen (secondary N) is 1. The highest BCUT2D eigenvalue weighted by molar-refractivity contribution is 9.11. The molecule has 2 rings (SSSR count). The molecule has 2 N–H and O–H groups in total. The molecule has 0 saturated heterocycles. The monoisotopic (exact) mass is 374 g/mol. The quantitative estimate of drug-likeness (QED) is 0.828. The molecule has 21 heavy (non-hydrogen) atoms. The third-order valence-electron chi connectivity index (χ3n) is 3.81. The van der Waals surface area contributed by atoms with Crippen molar-refractivity contribution in [1.29, 1.82) is 0 Å². The van der Waals surface area contributed by atoms with Crippen molar-refractivity contribution in [2.45, 2.75) is 44.2 Å². The smallest absolute Gasteiger partial charge is 0.317 e. The third-order valence-corrected chi connectivity index (χ3v) is 5.36. The first kappa shape index (κ1) is 16.3. The Labute approximate surface area is 136 Å². The summed E-state index contributed by atoms with van der Waals surface area (Å²) in [7, 11) is 1.73. The molecule has 0 unspecified atom stereocenters. The minimum atomic E-state index is -0.860. The first-order valence-electron chi connectivity index (χ1n) is 6.88. The molecule has 0 aliphatic heterocycles. The topological polar surface area (TPSA) is 69.6 Å². The zero-order chi connectivity index (χ0) is 15.5. The number of rotatable bonds is 5. The Balaban J connectivity index is 1.96. The summed E-state index contributed by atoms with van der Waals surface area (Å²) in [6, 6.07) is 1.78. The van der Waals surface area contributed by atoms with Gasteiger partial charge in [0, 0.05) is 13.6 Å². The van der Waals surface area contributed by atoms with E-state index < -0.39 is 11.5 Å². The standard InChI is InChI=1S/C14H19BrN2O3S/c1-17(8-10-6-11(15)21-9-10)13(20)16-14(7-12(18)19)4-2-3-5-14/h6,9H,2-5,7-8H2,1H3,(H,16,20)(H,18,19). The van der Waals surface area contributed by atoms with E-state index in [-0.39, 0.29) is 12.5 Å². The Kier molecular flexibility index (Phi) is 5.27. The second-order valence-electron chi connectivity index (χ2n) is 5.60. The van der Waals surface area contributed by atoms with Crippen LogP contribution >= 0.6 is 27.3 Å². The fourth-order valence-corrected chi connectivity index (χ4v) is 3.98. The van der Waals surface area contributed by atoms with Gasteiger partial charge in [-0.25, -0.2) is 4.79 Å². The molecule has 0 spiro atoms. The van der Waals surface area contributed by atoms with E-state index in [4.69, 9.17) is 5.11 Å². The fourth-order valence-electron chi connectivity index (χ4n) is 2.78. The molecule has 2 amide bonds. The highest BCUT2D eigenvalue weighted by Gasteiger charge is 2.38. The minimum Gasteiger partial charge on any atom is -0.481 e. The maximum Gasteiger partial charge on any atom is 0.317 e. The Hall–Kier alpha value is -1.08. The second kappa shape index (κ2) is 6.79. The summed E-state index contributed by atoms with van der Waals surface area (Å²) in [5.41, 5.74) is 0.482. The molecular formula is C14H19BrN2O3S. The average Bonchev–Trinajstić information content (AvgIpc) is 2.98. The van der Waals surface area contributed by atoms with Gasteiger partial charge >= 0.3 is 12.0 Å². The first-order chi connectivity index (χ1) is 9.90. The van der Waals surface area contributed by atoms with Crippen LogP contribution < -0.4 is 5.32 Å². The maximum atomic E-state index is 12.3. The Morgan fingerprint density at radius 1 is 1.48 bits per heavy atom. The maximum absolute atomic E-state index is 12.3. The molecule has 1 aliphatic rings. The van der Waals surface area contributed by atoms with E-state index in [1.54, 1.807) is 23.3 Å². The predicted molar refractivity (Wildman–Crippen MR) is 85.5 cm³/mol. The molecule has 1 aromatic heterocycles. The number of nitrogens with zero attached hydrogens (tertiary/aromatic N) is 1. The molecule has 116 valence electrons. The van der Waals surface area contributed by atoms with Gasteiger partial charge in [-0.05, 0) is 45.8 Å². The molecular weight excluding hydrogens is 356 g/mol. The molecule has 0 radical (unpaired) electrons. The molecule has 0 bridgehead atoms. The lowest BCUT2D eigenvalue weighted by atomic mass is 9.93. The van der Waals surface area contributed by atoms with Crippen LogP contribution in [0, 0.1) is 0 Å². The van der Waals surface area contributed by atoms with Crippen molar-refractivity contribution in [3.05, 3.63) is 20.8 Å². The van der Waals surface area contributed by atoms with Crippen molar-refractivity contribution < 1.29 is 14.7 Å². The van der Waals surface area contributed by atoms with Gasteiger partial charge in [-0.15, -0.1) is 11.3 Å². The normalized spacial score (nSPS) is 16.7. The number of hydrogen-bond donors (Lipinski definition) is 2. The van der Waals surface area contributed by atoms with Crippen molar-refractivity contribution >= 4 is 39.3 Å². The van der Waals surface area contributed by atoms with Crippen molar-refractivity contribution in [2.24, 2.45) is 0 Å². The number of aliphatic carboxylic acids is 1. The van der Waals surface area contributed by atoms with Gasteiger partial charge in [-0.2, -0.15) is 0 Å². The van der Waals surface area contributed by atoms with Gasteiger partial charge in [0.25, 0.3) is 0 Å². The molecule has 1 heterocycles.